The van der Waals surface area contributed by atoms with Gasteiger partial charge in [0.1, 0.15) is 16.9 Å². The molecule has 5 aromatic rings. The quantitative estimate of drug-likeness (QED) is 0.222. The van der Waals surface area contributed by atoms with Gasteiger partial charge in [0.2, 0.25) is 10.0 Å². The maximum absolute atomic E-state index is 13.8. The highest BCUT2D eigenvalue weighted by Crippen LogP contribution is 2.44. The molecular formula is C36H40N6O4S. The lowest BCUT2D eigenvalue weighted by atomic mass is 10.0. The molecule has 1 saturated heterocycles. The van der Waals surface area contributed by atoms with Crippen LogP contribution in [-0.2, 0) is 30.2 Å². The standard InChI is InChI=1S/C36H40N6O4S/c1-21-26-12-14-30(21)42(20-26)36(43)27-15-29-33(32(17-27)46-3)40(2)35(39-29)31-16-25-11-13-28(38-34(25)41(31)19-23-5-6-23)24-9-7-22(8-10-24)18-37-47(4,44)45/h7-11,13,15-17,21,23,26,30,37H,5-6,12,14,18-20H2,1-4H3. The number of benzene rings is 2. The van der Waals surface area contributed by atoms with E-state index in [1.807, 2.05) is 49.5 Å². The van der Waals surface area contributed by atoms with Gasteiger partial charge >= 0.3 is 0 Å². The SMILES string of the molecule is COc1cc(C(=O)N2CC3CCC2C3C)cc2nc(-c3cc4ccc(-c5ccc(CNS(C)(=O)=O)cc5)nc4n3CC3CC3)n(C)c12. The van der Waals surface area contributed by atoms with Gasteiger partial charge in [0.05, 0.1) is 30.3 Å². The lowest BCUT2D eigenvalue weighted by molar-refractivity contribution is 0.0696. The Bertz CT molecular complexity index is 2150. The van der Waals surface area contributed by atoms with Crippen molar-refractivity contribution < 1.29 is 17.9 Å². The smallest absolute Gasteiger partial charge is 0.254 e. The summed E-state index contributed by atoms with van der Waals surface area (Å²) in [5.74, 6) is 3.27. The van der Waals surface area contributed by atoms with Crippen LogP contribution in [-0.4, -0.2) is 64.3 Å². The third-order valence-electron chi connectivity index (χ3n) is 10.6. The van der Waals surface area contributed by atoms with E-state index in [-0.39, 0.29) is 12.5 Å². The number of piperidine rings is 1. The van der Waals surface area contributed by atoms with Crippen LogP contribution in [0.5, 0.6) is 5.75 Å². The number of nitrogens with one attached hydrogen (secondary N) is 1. The summed E-state index contributed by atoms with van der Waals surface area (Å²) < 4.78 is 35.8. The summed E-state index contributed by atoms with van der Waals surface area (Å²) in [6.45, 7) is 4.21. The number of hydrogen-bond donors (Lipinski definition) is 1. The summed E-state index contributed by atoms with van der Waals surface area (Å²) in [5, 5.41) is 1.03. The number of ether oxygens (including phenoxy) is 1. The molecule has 8 rings (SSSR count). The van der Waals surface area contributed by atoms with E-state index in [4.69, 9.17) is 14.7 Å². The van der Waals surface area contributed by atoms with Crippen LogP contribution in [0.2, 0.25) is 0 Å². The van der Waals surface area contributed by atoms with Crippen LogP contribution in [0.3, 0.4) is 0 Å². The number of sulfonamides is 1. The van der Waals surface area contributed by atoms with E-state index in [1.165, 1.54) is 19.3 Å². The second-order valence-corrected chi connectivity index (χ2v) is 15.6. The van der Waals surface area contributed by atoms with E-state index in [1.54, 1.807) is 7.11 Å². The molecular weight excluding hydrogens is 613 g/mol. The number of pyridine rings is 1. The summed E-state index contributed by atoms with van der Waals surface area (Å²) in [7, 11) is 0.396. The number of nitrogens with zero attached hydrogens (tertiary/aromatic N) is 5. The zero-order valence-electron chi connectivity index (χ0n) is 27.2. The summed E-state index contributed by atoms with van der Waals surface area (Å²) in [5.41, 5.74) is 6.80. The first-order valence-corrected chi connectivity index (χ1v) is 18.4. The van der Waals surface area contributed by atoms with Gasteiger partial charge in [-0.05, 0) is 79.3 Å². The highest BCUT2D eigenvalue weighted by molar-refractivity contribution is 7.88. The number of methoxy groups -OCH3 is 1. The maximum atomic E-state index is 13.8. The van der Waals surface area contributed by atoms with Gasteiger partial charge in [-0.25, -0.2) is 23.1 Å². The molecule has 3 atom stereocenters. The topological polar surface area (TPSA) is 111 Å². The number of rotatable bonds is 9. The van der Waals surface area contributed by atoms with Crippen molar-refractivity contribution in [2.75, 3.05) is 19.9 Å². The summed E-state index contributed by atoms with van der Waals surface area (Å²) in [4.78, 5) is 26.2. The predicted molar refractivity (Wildman–Crippen MR) is 183 cm³/mol. The molecule has 4 heterocycles. The van der Waals surface area contributed by atoms with Gasteiger partial charge in [0.15, 0.2) is 5.82 Å². The number of aryl methyl sites for hydroxylation is 1. The van der Waals surface area contributed by atoms with E-state index in [0.29, 0.717) is 35.1 Å². The van der Waals surface area contributed by atoms with Crippen LogP contribution >= 0.6 is 0 Å². The Hall–Kier alpha value is -4.22. The van der Waals surface area contributed by atoms with Gasteiger partial charge in [0, 0.05) is 49.2 Å². The minimum atomic E-state index is -3.26. The van der Waals surface area contributed by atoms with Gasteiger partial charge in [-0.3, -0.25) is 4.79 Å². The Morgan fingerprint density at radius 1 is 1.02 bits per heavy atom. The second kappa shape index (κ2) is 11.2. The van der Waals surface area contributed by atoms with Crippen molar-refractivity contribution in [3.05, 3.63) is 65.7 Å². The van der Waals surface area contributed by atoms with E-state index in [9.17, 15) is 13.2 Å². The summed E-state index contributed by atoms with van der Waals surface area (Å²) in [6, 6.07) is 18.2. The van der Waals surface area contributed by atoms with Crippen LogP contribution in [0, 0.1) is 17.8 Å². The van der Waals surface area contributed by atoms with Gasteiger partial charge in [-0.15, -0.1) is 0 Å². The lowest BCUT2D eigenvalue weighted by Gasteiger charge is -2.27. The third kappa shape index (κ3) is 5.39. The molecule has 0 radical (unpaired) electrons. The molecule has 2 bridgehead atoms. The Kier molecular flexibility index (Phi) is 7.18. The van der Waals surface area contributed by atoms with Crippen molar-refractivity contribution >= 4 is 38.0 Å². The number of fused-ring (bicyclic) bond motifs is 4. The Morgan fingerprint density at radius 3 is 2.47 bits per heavy atom. The monoisotopic (exact) mass is 652 g/mol. The first kappa shape index (κ1) is 30.1. The molecule has 3 fully saturated rings. The number of hydrogen-bond acceptors (Lipinski definition) is 6. The van der Waals surface area contributed by atoms with Crippen LogP contribution in [0.25, 0.3) is 44.8 Å². The minimum Gasteiger partial charge on any atom is -0.494 e. The molecule has 47 heavy (non-hydrogen) atoms. The molecule has 1 aliphatic heterocycles. The number of carbonyl (C=O) groups is 1. The number of aromatic nitrogens is 4. The van der Waals surface area contributed by atoms with Crippen molar-refractivity contribution in [2.45, 2.75) is 51.7 Å². The average molecular weight is 653 g/mol. The number of carbonyl (C=O) groups excluding carboxylic acids is 1. The minimum absolute atomic E-state index is 0.0655. The zero-order valence-corrected chi connectivity index (χ0v) is 28.0. The van der Waals surface area contributed by atoms with Gasteiger partial charge in [-0.2, -0.15) is 0 Å². The largest absolute Gasteiger partial charge is 0.494 e. The molecule has 1 amide bonds. The van der Waals surface area contributed by atoms with Crippen molar-refractivity contribution in [1.82, 2.24) is 28.7 Å². The Balaban J connectivity index is 1.17. The molecule has 11 heteroatoms. The summed E-state index contributed by atoms with van der Waals surface area (Å²) in [6.07, 6.45) is 5.85. The fraction of sp³-hybridized carbons (Fsp3) is 0.417. The first-order chi connectivity index (χ1) is 22.6. The van der Waals surface area contributed by atoms with E-state index >= 15 is 0 Å². The first-order valence-electron chi connectivity index (χ1n) is 16.5. The molecule has 2 saturated carbocycles. The Labute approximate surface area is 274 Å². The molecule has 1 N–H and O–H groups in total. The van der Waals surface area contributed by atoms with Gasteiger partial charge < -0.3 is 18.8 Å². The van der Waals surface area contributed by atoms with Crippen LogP contribution in [0.4, 0.5) is 0 Å². The molecule has 244 valence electrons. The lowest BCUT2D eigenvalue weighted by Crippen LogP contribution is -2.38. The average Bonchev–Trinajstić information content (AvgIpc) is 3.47. The highest BCUT2D eigenvalue weighted by atomic mass is 32.2. The molecule has 2 aliphatic carbocycles. The molecule has 10 nitrogen and oxygen atoms in total. The highest BCUT2D eigenvalue weighted by Gasteiger charge is 2.46. The van der Waals surface area contributed by atoms with E-state index in [0.717, 1.165) is 76.2 Å². The Morgan fingerprint density at radius 2 is 1.81 bits per heavy atom. The van der Waals surface area contributed by atoms with Crippen molar-refractivity contribution in [3.8, 4) is 28.5 Å². The van der Waals surface area contributed by atoms with Crippen LogP contribution < -0.4 is 9.46 Å². The van der Waals surface area contributed by atoms with E-state index < -0.39 is 10.0 Å². The summed E-state index contributed by atoms with van der Waals surface area (Å²) >= 11 is 0. The predicted octanol–water partition coefficient (Wildman–Crippen LogP) is 5.60. The van der Waals surface area contributed by atoms with Crippen molar-refractivity contribution in [3.63, 3.8) is 0 Å². The van der Waals surface area contributed by atoms with Crippen molar-refractivity contribution in [1.29, 1.82) is 0 Å². The molecule has 0 spiro atoms. The number of likely N-dealkylation sites (tertiary alicyclic amines) is 1. The molecule has 3 aliphatic rings. The zero-order chi connectivity index (χ0) is 32.6. The van der Waals surface area contributed by atoms with Crippen LogP contribution in [0.1, 0.15) is 48.5 Å². The van der Waals surface area contributed by atoms with Crippen LogP contribution in [0.15, 0.2) is 54.6 Å². The fourth-order valence-corrected chi connectivity index (χ4v) is 8.18. The number of imidazole rings is 1. The van der Waals surface area contributed by atoms with Gasteiger partial charge in [-0.1, -0.05) is 31.2 Å². The van der Waals surface area contributed by atoms with Gasteiger partial charge in [0.25, 0.3) is 5.91 Å². The maximum Gasteiger partial charge on any atom is 0.254 e. The van der Waals surface area contributed by atoms with E-state index in [2.05, 4.69) is 37.8 Å². The van der Waals surface area contributed by atoms with Crippen molar-refractivity contribution in [2.24, 2.45) is 24.8 Å². The molecule has 3 unspecified atom stereocenters. The molecule has 3 aromatic heterocycles. The fourth-order valence-electron chi connectivity index (χ4n) is 7.75. The molecule has 2 aromatic carbocycles. The third-order valence-corrected chi connectivity index (χ3v) is 11.2. The second-order valence-electron chi connectivity index (χ2n) is 13.7. The number of amides is 1. The normalized spacial score (nSPS) is 20.9.